The number of carbonyl (C=O) groups is 2. The molecular weight excluding hydrogens is 332 g/mol. The number of ether oxygens (including phenoxy) is 1. The number of carbonyl (C=O) groups excluding carboxylic acids is 1. The molecule has 0 radical (unpaired) electrons. The number of likely N-dealkylation sites (tertiary alicyclic amines) is 1. The van der Waals surface area contributed by atoms with E-state index in [1.807, 2.05) is 36.4 Å². The summed E-state index contributed by atoms with van der Waals surface area (Å²) >= 11 is 0. The van der Waals surface area contributed by atoms with Crippen LogP contribution in [0.4, 0.5) is 0 Å². The first kappa shape index (κ1) is 18.4. The van der Waals surface area contributed by atoms with Crippen LogP contribution in [0, 0.1) is 5.92 Å². The molecular formula is C20H24N2O4. The van der Waals surface area contributed by atoms with Gasteiger partial charge in [0.2, 0.25) is 0 Å². The lowest BCUT2D eigenvalue weighted by Crippen LogP contribution is -2.66. The largest absolute Gasteiger partial charge is 0.480 e. The number of nitrogens with zero attached hydrogens (tertiary/aromatic N) is 1. The Bertz CT molecular complexity index is 843. The fraction of sp³-hybridized carbons (Fsp3) is 0.400. The van der Waals surface area contributed by atoms with Crippen molar-refractivity contribution in [2.75, 3.05) is 6.54 Å². The molecule has 0 aliphatic carbocycles. The van der Waals surface area contributed by atoms with Gasteiger partial charge in [-0.25, -0.2) is 0 Å². The number of esters is 1. The maximum atomic E-state index is 12.2. The van der Waals surface area contributed by atoms with Gasteiger partial charge in [0.1, 0.15) is 11.6 Å². The molecule has 1 aliphatic heterocycles. The Morgan fingerprint density at radius 3 is 2.42 bits per heavy atom. The van der Waals surface area contributed by atoms with Gasteiger partial charge in [0, 0.05) is 6.54 Å². The van der Waals surface area contributed by atoms with Gasteiger partial charge in [0.15, 0.2) is 0 Å². The summed E-state index contributed by atoms with van der Waals surface area (Å²) in [5, 5.41) is 11.8. The zero-order chi connectivity index (χ0) is 19.1. The monoisotopic (exact) mass is 356 g/mol. The predicted octanol–water partition coefficient (Wildman–Crippen LogP) is 2.52. The number of nitrogens with two attached hydrogens (primary N) is 1. The molecule has 1 saturated heterocycles. The minimum absolute atomic E-state index is 0.264. The molecule has 0 bridgehead atoms. The highest BCUT2D eigenvalue weighted by Gasteiger charge is 2.48. The van der Waals surface area contributed by atoms with Gasteiger partial charge in [-0.3, -0.25) is 14.5 Å². The second kappa shape index (κ2) is 6.70. The topological polar surface area (TPSA) is 92.9 Å². The van der Waals surface area contributed by atoms with Crippen molar-refractivity contribution in [3.8, 4) is 0 Å². The normalized spacial score (nSPS) is 21.8. The lowest BCUT2D eigenvalue weighted by molar-refractivity contribution is -0.176. The maximum Gasteiger partial charge on any atom is 0.325 e. The Hall–Kier alpha value is -2.44. The van der Waals surface area contributed by atoms with E-state index in [1.54, 1.807) is 31.7 Å². The third-order valence-electron chi connectivity index (χ3n) is 4.57. The van der Waals surface area contributed by atoms with Crippen molar-refractivity contribution in [2.45, 2.75) is 38.6 Å². The van der Waals surface area contributed by atoms with Crippen LogP contribution in [0.1, 0.15) is 32.4 Å². The van der Waals surface area contributed by atoms with Crippen LogP contribution in [0.25, 0.3) is 10.8 Å². The van der Waals surface area contributed by atoms with Crippen molar-refractivity contribution >= 4 is 22.7 Å². The third-order valence-corrected chi connectivity index (χ3v) is 4.57. The summed E-state index contributed by atoms with van der Waals surface area (Å²) < 4.78 is 5.37. The van der Waals surface area contributed by atoms with Crippen LogP contribution in [0.15, 0.2) is 42.5 Å². The van der Waals surface area contributed by atoms with E-state index in [0.29, 0.717) is 5.56 Å². The van der Waals surface area contributed by atoms with Crippen LogP contribution in [-0.4, -0.2) is 40.3 Å². The van der Waals surface area contributed by atoms with E-state index in [-0.39, 0.29) is 12.5 Å². The number of benzene rings is 2. The number of aliphatic carboxylic acids is 1. The van der Waals surface area contributed by atoms with Crippen molar-refractivity contribution < 1.29 is 19.4 Å². The van der Waals surface area contributed by atoms with E-state index < -0.39 is 29.7 Å². The first-order chi connectivity index (χ1) is 12.2. The van der Waals surface area contributed by atoms with E-state index in [2.05, 4.69) is 0 Å². The molecule has 26 heavy (non-hydrogen) atoms. The van der Waals surface area contributed by atoms with Gasteiger partial charge >= 0.3 is 11.9 Å². The summed E-state index contributed by atoms with van der Waals surface area (Å²) in [6.07, 6.45) is -0.683. The summed E-state index contributed by atoms with van der Waals surface area (Å²) in [6.45, 7) is 5.64. The number of hydrogen-bond acceptors (Lipinski definition) is 5. The van der Waals surface area contributed by atoms with Crippen LogP contribution in [0.3, 0.4) is 0 Å². The van der Waals surface area contributed by atoms with Gasteiger partial charge in [0.25, 0.3) is 0 Å². The molecule has 6 nitrogen and oxygen atoms in total. The molecule has 1 heterocycles. The van der Waals surface area contributed by atoms with E-state index in [1.165, 1.54) is 0 Å². The minimum atomic E-state index is -0.988. The smallest absolute Gasteiger partial charge is 0.325 e. The van der Waals surface area contributed by atoms with E-state index in [9.17, 15) is 14.7 Å². The number of fused-ring (bicyclic) bond motifs is 1. The lowest BCUT2D eigenvalue weighted by atomic mass is 9.90. The van der Waals surface area contributed by atoms with E-state index in [0.717, 1.165) is 10.8 Å². The molecule has 3 rings (SSSR count). The van der Waals surface area contributed by atoms with Crippen LogP contribution in [-0.2, 0) is 14.3 Å². The Morgan fingerprint density at radius 1 is 1.19 bits per heavy atom. The number of hydrogen-bond donors (Lipinski definition) is 2. The van der Waals surface area contributed by atoms with E-state index in [4.69, 9.17) is 10.5 Å². The molecule has 3 N–H and O–H groups in total. The SMILES string of the molecule is CC(C)(C)OC(=O)[C@@H]1CN([C@@H](C(=O)O)c2ccc3ccccc3c2)[C@@H]1N. The predicted molar refractivity (Wildman–Crippen MR) is 98.3 cm³/mol. The van der Waals surface area contributed by atoms with Gasteiger partial charge in [-0.15, -0.1) is 0 Å². The van der Waals surface area contributed by atoms with Gasteiger partial charge < -0.3 is 15.6 Å². The second-order valence-electron chi connectivity index (χ2n) is 7.67. The van der Waals surface area contributed by atoms with Crippen LogP contribution < -0.4 is 5.73 Å². The quantitative estimate of drug-likeness (QED) is 0.818. The van der Waals surface area contributed by atoms with Crippen molar-refractivity contribution in [1.82, 2.24) is 4.90 Å². The zero-order valence-corrected chi connectivity index (χ0v) is 15.2. The highest BCUT2D eigenvalue weighted by Crippen LogP contribution is 2.34. The maximum absolute atomic E-state index is 12.2. The molecule has 0 unspecified atom stereocenters. The Labute approximate surface area is 152 Å². The summed E-state index contributed by atoms with van der Waals surface area (Å²) in [6, 6.07) is 12.4. The Balaban J connectivity index is 1.81. The fourth-order valence-electron chi connectivity index (χ4n) is 3.27. The molecule has 0 aromatic heterocycles. The van der Waals surface area contributed by atoms with E-state index >= 15 is 0 Å². The summed E-state index contributed by atoms with van der Waals surface area (Å²) in [5.74, 6) is -1.89. The highest BCUT2D eigenvalue weighted by molar-refractivity contribution is 5.85. The summed E-state index contributed by atoms with van der Waals surface area (Å²) in [7, 11) is 0. The first-order valence-corrected chi connectivity index (χ1v) is 8.63. The van der Waals surface area contributed by atoms with Crippen molar-refractivity contribution in [3.63, 3.8) is 0 Å². The highest BCUT2D eigenvalue weighted by atomic mass is 16.6. The fourth-order valence-corrected chi connectivity index (χ4v) is 3.27. The molecule has 2 aromatic carbocycles. The van der Waals surface area contributed by atoms with Gasteiger partial charge in [0.05, 0.1) is 12.1 Å². The Kier molecular flexibility index (Phi) is 4.73. The summed E-state index contributed by atoms with van der Waals surface area (Å²) in [5.41, 5.74) is 6.19. The third kappa shape index (κ3) is 3.57. The molecule has 6 heteroatoms. The van der Waals surface area contributed by atoms with Crippen LogP contribution in [0.2, 0.25) is 0 Å². The molecule has 0 spiro atoms. The molecule has 2 aromatic rings. The Morgan fingerprint density at radius 2 is 1.85 bits per heavy atom. The standard InChI is InChI=1S/C20H24N2O4/c1-20(2,3)26-19(25)15-11-22(17(15)21)16(18(23)24)14-9-8-12-6-4-5-7-13(12)10-14/h4-10,15-17H,11,21H2,1-3H3,(H,23,24)/t15-,16-,17+/m1/s1. The number of carboxylic acids is 1. The number of carboxylic acid groups (broad SMARTS) is 1. The average molecular weight is 356 g/mol. The first-order valence-electron chi connectivity index (χ1n) is 8.63. The van der Waals surface area contributed by atoms with Crippen molar-refractivity contribution in [2.24, 2.45) is 11.7 Å². The molecule has 0 saturated carbocycles. The second-order valence-corrected chi connectivity index (χ2v) is 7.67. The van der Waals surface area contributed by atoms with Crippen molar-refractivity contribution in [1.29, 1.82) is 0 Å². The van der Waals surface area contributed by atoms with Crippen LogP contribution in [0.5, 0.6) is 0 Å². The number of rotatable bonds is 4. The lowest BCUT2D eigenvalue weighted by Gasteiger charge is -2.47. The molecule has 1 aliphatic rings. The molecule has 3 atom stereocenters. The minimum Gasteiger partial charge on any atom is -0.480 e. The van der Waals surface area contributed by atoms with Crippen molar-refractivity contribution in [3.05, 3.63) is 48.0 Å². The van der Waals surface area contributed by atoms with Gasteiger partial charge in [-0.2, -0.15) is 0 Å². The van der Waals surface area contributed by atoms with Gasteiger partial charge in [-0.05, 0) is 43.2 Å². The van der Waals surface area contributed by atoms with Crippen LogP contribution >= 0.6 is 0 Å². The average Bonchev–Trinajstić information content (AvgIpc) is 2.55. The molecule has 1 fully saturated rings. The van der Waals surface area contributed by atoms with Gasteiger partial charge in [-0.1, -0.05) is 36.4 Å². The zero-order valence-electron chi connectivity index (χ0n) is 15.2. The summed E-state index contributed by atoms with van der Waals surface area (Å²) in [4.78, 5) is 25.8. The molecule has 138 valence electrons. The molecule has 0 amide bonds.